The first-order valence-electron chi connectivity index (χ1n) is 9.37. The van der Waals surface area contributed by atoms with E-state index in [-0.39, 0.29) is 16.9 Å². The van der Waals surface area contributed by atoms with Gasteiger partial charge in [-0.1, -0.05) is 69.3 Å². The molecule has 1 unspecified atom stereocenters. The molecular formula is C24H32N2. The lowest BCUT2D eigenvalue weighted by Crippen LogP contribution is -2.26. The molecule has 0 saturated heterocycles. The van der Waals surface area contributed by atoms with Crippen molar-refractivity contribution in [1.29, 1.82) is 0 Å². The van der Waals surface area contributed by atoms with Gasteiger partial charge in [-0.3, -0.25) is 9.98 Å². The van der Waals surface area contributed by atoms with Crippen LogP contribution in [-0.4, -0.2) is 17.5 Å². The van der Waals surface area contributed by atoms with Crippen molar-refractivity contribution >= 4 is 17.6 Å². The molecule has 0 amide bonds. The standard InChI is InChI=1S/C24H32N2/c1-19(26-21-15-11-8-12-16-21)22(20-13-9-7-10-14-20)17-25-24(5,6)18-23(2,3)4/h7-17,22H,18H2,1-6H3. The Labute approximate surface area is 159 Å². The Kier molecular flexibility index (Phi) is 6.52. The molecule has 0 aliphatic carbocycles. The summed E-state index contributed by atoms with van der Waals surface area (Å²) in [5.74, 6) is 0.0793. The SMILES string of the molecule is CC(=Nc1ccccc1)C(C=NC(C)(C)CC(C)(C)C)c1ccccc1. The van der Waals surface area contributed by atoms with Gasteiger partial charge in [-0.2, -0.15) is 0 Å². The van der Waals surface area contributed by atoms with Gasteiger partial charge in [0.2, 0.25) is 0 Å². The number of nitrogens with zero attached hydrogens (tertiary/aromatic N) is 2. The summed E-state index contributed by atoms with van der Waals surface area (Å²) < 4.78 is 0. The van der Waals surface area contributed by atoms with Gasteiger partial charge < -0.3 is 0 Å². The van der Waals surface area contributed by atoms with E-state index >= 15 is 0 Å². The van der Waals surface area contributed by atoms with Gasteiger partial charge in [-0.05, 0) is 50.3 Å². The summed E-state index contributed by atoms with van der Waals surface area (Å²) in [7, 11) is 0. The zero-order chi connectivity index (χ0) is 19.2. The van der Waals surface area contributed by atoms with Crippen molar-refractivity contribution < 1.29 is 0 Å². The van der Waals surface area contributed by atoms with E-state index in [2.05, 4.69) is 72.0 Å². The molecular weight excluding hydrogens is 316 g/mol. The predicted octanol–water partition coefficient (Wildman–Crippen LogP) is 6.85. The summed E-state index contributed by atoms with van der Waals surface area (Å²) in [5.41, 5.74) is 3.40. The van der Waals surface area contributed by atoms with Crippen LogP contribution in [0.15, 0.2) is 70.6 Å². The number of rotatable bonds is 6. The van der Waals surface area contributed by atoms with E-state index in [9.17, 15) is 0 Å². The summed E-state index contributed by atoms with van der Waals surface area (Å²) in [6, 6.07) is 20.6. The van der Waals surface area contributed by atoms with Crippen molar-refractivity contribution in [1.82, 2.24) is 0 Å². The molecule has 0 aliphatic heterocycles. The molecule has 0 radical (unpaired) electrons. The lowest BCUT2D eigenvalue weighted by molar-refractivity contribution is 0.288. The molecule has 1 atom stereocenters. The van der Waals surface area contributed by atoms with Crippen LogP contribution in [-0.2, 0) is 0 Å². The van der Waals surface area contributed by atoms with Crippen LogP contribution in [0.4, 0.5) is 5.69 Å². The Morgan fingerprint density at radius 2 is 1.42 bits per heavy atom. The maximum Gasteiger partial charge on any atom is 0.0629 e. The van der Waals surface area contributed by atoms with Crippen molar-refractivity contribution in [3.05, 3.63) is 66.2 Å². The van der Waals surface area contributed by atoms with Gasteiger partial charge in [0.05, 0.1) is 17.1 Å². The molecule has 26 heavy (non-hydrogen) atoms. The number of para-hydroxylation sites is 1. The van der Waals surface area contributed by atoms with Crippen LogP contribution in [0.3, 0.4) is 0 Å². The van der Waals surface area contributed by atoms with E-state index in [0.29, 0.717) is 0 Å². The minimum Gasteiger partial charge on any atom is -0.290 e. The molecule has 2 rings (SSSR count). The van der Waals surface area contributed by atoms with Gasteiger partial charge in [0.25, 0.3) is 0 Å². The zero-order valence-corrected chi connectivity index (χ0v) is 17.0. The number of hydrogen-bond donors (Lipinski definition) is 0. The van der Waals surface area contributed by atoms with Crippen LogP contribution in [0.1, 0.15) is 59.4 Å². The van der Waals surface area contributed by atoms with E-state index < -0.39 is 0 Å². The second-order valence-corrected chi connectivity index (χ2v) is 8.81. The topological polar surface area (TPSA) is 24.7 Å². The normalized spacial score (nSPS) is 14.6. The fourth-order valence-corrected chi connectivity index (χ4v) is 3.49. The summed E-state index contributed by atoms with van der Waals surface area (Å²) in [6.07, 6.45) is 3.12. The molecule has 2 heteroatoms. The van der Waals surface area contributed by atoms with Crippen LogP contribution in [0.25, 0.3) is 0 Å². The van der Waals surface area contributed by atoms with Crippen molar-refractivity contribution in [3.8, 4) is 0 Å². The van der Waals surface area contributed by atoms with E-state index in [1.807, 2.05) is 36.4 Å². The molecule has 0 aromatic heterocycles. The van der Waals surface area contributed by atoms with Crippen LogP contribution < -0.4 is 0 Å². The molecule has 2 aromatic carbocycles. The summed E-state index contributed by atoms with van der Waals surface area (Å²) in [5, 5.41) is 0. The fraction of sp³-hybridized carbons (Fsp3) is 0.417. The molecule has 0 heterocycles. The second-order valence-electron chi connectivity index (χ2n) is 8.81. The Morgan fingerprint density at radius 1 is 0.885 bits per heavy atom. The average Bonchev–Trinajstić information content (AvgIpc) is 2.54. The van der Waals surface area contributed by atoms with Gasteiger partial charge in [0.15, 0.2) is 0 Å². The zero-order valence-electron chi connectivity index (χ0n) is 17.0. The maximum absolute atomic E-state index is 4.98. The highest BCUT2D eigenvalue weighted by Crippen LogP contribution is 2.30. The van der Waals surface area contributed by atoms with Crippen molar-refractivity contribution in [3.63, 3.8) is 0 Å². The molecule has 0 aliphatic rings. The fourth-order valence-electron chi connectivity index (χ4n) is 3.49. The highest BCUT2D eigenvalue weighted by Gasteiger charge is 2.25. The summed E-state index contributed by atoms with van der Waals surface area (Å²) in [6.45, 7) is 13.3. The van der Waals surface area contributed by atoms with E-state index in [4.69, 9.17) is 9.98 Å². The maximum atomic E-state index is 4.98. The Bertz CT molecular complexity index is 735. The Balaban J connectivity index is 2.33. The van der Waals surface area contributed by atoms with Crippen molar-refractivity contribution in [2.75, 3.05) is 0 Å². The third kappa shape index (κ3) is 6.59. The monoisotopic (exact) mass is 348 g/mol. The lowest BCUT2D eigenvalue weighted by Gasteiger charge is -2.29. The lowest BCUT2D eigenvalue weighted by atomic mass is 9.82. The third-order valence-electron chi connectivity index (χ3n) is 4.21. The number of aliphatic imine (C=N–C) groups is 2. The quantitative estimate of drug-likeness (QED) is 0.510. The van der Waals surface area contributed by atoms with E-state index in [0.717, 1.165) is 17.8 Å². The van der Waals surface area contributed by atoms with Crippen molar-refractivity contribution in [2.45, 2.75) is 59.4 Å². The highest BCUT2D eigenvalue weighted by molar-refractivity contribution is 6.03. The smallest absolute Gasteiger partial charge is 0.0629 e. The van der Waals surface area contributed by atoms with Crippen LogP contribution in [0, 0.1) is 5.41 Å². The first kappa shape index (κ1) is 20.1. The van der Waals surface area contributed by atoms with Crippen LogP contribution >= 0.6 is 0 Å². The first-order valence-corrected chi connectivity index (χ1v) is 9.37. The van der Waals surface area contributed by atoms with Gasteiger partial charge in [0.1, 0.15) is 0 Å². The average molecular weight is 349 g/mol. The van der Waals surface area contributed by atoms with Gasteiger partial charge in [-0.25, -0.2) is 0 Å². The predicted molar refractivity (Wildman–Crippen MR) is 115 cm³/mol. The largest absolute Gasteiger partial charge is 0.290 e. The molecule has 0 spiro atoms. The van der Waals surface area contributed by atoms with Crippen LogP contribution in [0.2, 0.25) is 0 Å². The minimum atomic E-state index is -0.0989. The Hall–Kier alpha value is -2.22. The molecule has 0 N–H and O–H groups in total. The second kappa shape index (κ2) is 8.44. The summed E-state index contributed by atoms with van der Waals surface area (Å²) in [4.78, 5) is 9.81. The van der Waals surface area contributed by atoms with Gasteiger partial charge in [0, 0.05) is 11.9 Å². The van der Waals surface area contributed by atoms with Crippen LogP contribution in [0.5, 0.6) is 0 Å². The first-order chi connectivity index (χ1) is 12.2. The molecule has 0 bridgehead atoms. The highest BCUT2D eigenvalue weighted by atomic mass is 14.8. The van der Waals surface area contributed by atoms with E-state index in [1.54, 1.807) is 0 Å². The molecule has 0 saturated carbocycles. The van der Waals surface area contributed by atoms with E-state index in [1.165, 1.54) is 5.56 Å². The van der Waals surface area contributed by atoms with Gasteiger partial charge in [-0.15, -0.1) is 0 Å². The molecule has 0 fully saturated rings. The number of benzene rings is 2. The molecule has 138 valence electrons. The van der Waals surface area contributed by atoms with Gasteiger partial charge >= 0.3 is 0 Å². The minimum absolute atomic E-state index is 0.0793. The Morgan fingerprint density at radius 3 is 1.96 bits per heavy atom. The third-order valence-corrected chi connectivity index (χ3v) is 4.21. The molecule has 2 aromatic rings. The number of hydrogen-bond acceptors (Lipinski definition) is 2. The summed E-state index contributed by atoms with van der Waals surface area (Å²) >= 11 is 0. The van der Waals surface area contributed by atoms with Crippen molar-refractivity contribution in [2.24, 2.45) is 15.4 Å². The molecule has 2 nitrogen and oxygen atoms in total.